The van der Waals surface area contributed by atoms with E-state index in [1.54, 1.807) is 17.7 Å². The van der Waals surface area contributed by atoms with E-state index in [1.165, 1.54) is 21.6 Å². The predicted octanol–water partition coefficient (Wildman–Crippen LogP) is 6.43. The third kappa shape index (κ3) is 3.45. The van der Waals surface area contributed by atoms with Gasteiger partial charge in [-0.15, -0.1) is 11.3 Å². The molecule has 0 bridgehead atoms. The summed E-state index contributed by atoms with van der Waals surface area (Å²) < 4.78 is 5.59. The van der Waals surface area contributed by atoms with Crippen molar-refractivity contribution in [2.75, 3.05) is 11.9 Å². The molecule has 142 valence electrons. The molecule has 2 aromatic carbocycles. The van der Waals surface area contributed by atoms with Gasteiger partial charge in [-0.3, -0.25) is 0 Å². The van der Waals surface area contributed by atoms with E-state index in [0.717, 1.165) is 33.0 Å². The largest absolute Gasteiger partial charge is 0.494 e. The molecule has 0 unspecified atom stereocenters. The second-order valence-corrected chi connectivity index (χ2v) is 8.04. The van der Waals surface area contributed by atoms with Gasteiger partial charge in [0.05, 0.1) is 12.0 Å². The molecule has 4 aromatic rings. The Morgan fingerprint density at radius 1 is 1.00 bits per heavy atom. The minimum Gasteiger partial charge on any atom is -0.494 e. The number of anilines is 2. The van der Waals surface area contributed by atoms with Crippen LogP contribution in [0.15, 0.2) is 48.8 Å². The van der Waals surface area contributed by atoms with Gasteiger partial charge in [-0.05, 0) is 57.0 Å². The van der Waals surface area contributed by atoms with Gasteiger partial charge >= 0.3 is 0 Å². The van der Waals surface area contributed by atoms with Gasteiger partial charge in [0.1, 0.15) is 22.7 Å². The van der Waals surface area contributed by atoms with Crippen molar-refractivity contribution in [3.05, 3.63) is 64.8 Å². The molecule has 1 N–H and O–H groups in total. The molecule has 0 spiro atoms. The highest BCUT2D eigenvalue weighted by Gasteiger charge is 2.17. The van der Waals surface area contributed by atoms with E-state index < -0.39 is 0 Å². The fourth-order valence-electron chi connectivity index (χ4n) is 3.45. The van der Waals surface area contributed by atoms with Gasteiger partial charge in [0.2, 0.25) is 0 Å². The van der Waals surface area contributed by atoms with Crippen LogP contribution in [0.2, 0.25) is 0 Å². The van der Waals surface area contributed by atoms with Crippen molar-refractivity contribution in [2.45, 2.75) is 27.7 Å². The van der Waals surface area contributed by atoms with Crippen molar-refractivity contribution in [1.29, 1.82) is 0 Å². The molecule has 4 nitrogen and oxygen atoms in total. The summed E-state index contributed by atoms with van der Waals surface area (Å²) in [4.78, 5) is 11.3. The number of aryl methyl sites for hydroxylation is 3. The van der Waals surface area contributed by atoms with Crippen LogP contribution in [0, 0.1) is 20.8 Å². The first-order chi connectivity index (χ1) is 13.6. The third-order valence-electron chi connectivity index (χ3n) is 4.75. The summed E-state index contributed by atoms with van der Waals surface area (Å²) in [7, 11) is 0. The van der Waals surface area contributed by atoms with Gasteiger partial charge in [0.15, 0.2) is 0 Å². The molecule has 0 saturated heterocycles. The molecule has 28 heavy (non-hydrogen) atoms. The van der Waals surface area contributed by atoms with Crippen molar-refractivity contribution in [3.8, 4) is 16.9 Å². The lowest BCUT2D eigenvalue weighted by Gasteiger charge is -2.12. The lowest BCUT2D eigenvalue weighted by atomic mass is 10.0. The zero-order valence-electron chi connectivity index (χ0n) is 16.5. The molecular formula is C23H23N3OS. The summed E-state index contributed by atoms with van der Waals surface area (Å²) in [6.07, 6.45) is 1.63. The zero-order valence-corrected chi connectivity index (χ0v) is 17.4. The van der Waals surface area contributed by atoms with Gasteiger partial charge in [0, 0.05) is 16.1 Å². The maximum atomic E-state index is 5.59. The van der Waals surface area contributed by atoms with Gasteiger partial charge in [-0.2, -0.15) is 0 Å². The molecule has 0 saturated carbocycles. The number of rotatable bonds is 5. The topological polar surface area (TPSA) is 47.0 Å². The Morgan fingerprint density at radius 2 is 1.79 bits per heavy atom. The van der Waals surface area contributed by atoms with Crippen LogP contribution in [0.5, 0.6) is 5.75 Å². The van der Waals surface area contributed by atoms with Gasteiger partial charge < -0.3 is 10.1 Å². The van der Waals surface area contributed by atoms with Gasteiger partial charge in [0.25, 0.3) is 0 Å². The molecule has 0 atom stereocenters. The molecular weight excluding hydrogens is 366 g/mol. The lowest BCUT2D eigenvalue weighted by Crippen LogP contribution is -1.98. The van der Waals surface area contributed by atoms with Crippen molar-refractivity contribution in [2.24, 2.45) is 0 Å². The molecule has 0 aliphatic rings. The number of nitrogens with zero attached hydrogens (tertiary/aromatic N) is 2. The van der Waals surface area contributed by atoms with Crippen LogP contribution >= 0.6 is 11.3 Å². The van der Waals surface area contributed by atoms with Crippen molar-refractivity contribution in [1.82, 2.24) is 9.97 Å². The second-order valence-electron chi connectivity index (χ2n) is 6.84. The first-order valence-electron chi connectivity index (χ1n) is 9.38. The van der Waals surface area contributed by atoms with E-state index in [-0.39, 0.29) is 0 Å². The Bertz CT molecular complexity index is 1130. The van der Waals surface area contributed by atoms with E-state index >= 15 is 0 Å². The number of aromatic nitrogens is 2. The van der Waals surface area contributed by atoms with E-state index in [4.69, 9.17) is 4.74 Å². The van der Waals surface area contributed by atoms with Crippen LogP contribution in [-0.4, -0.2) is 16.6 Å². The van der Waals surface area contributed by atoms with Crippen molar-refractivity contribution >= 4 is 33.1 Å². The number of nitrogens with one attached hydrogen (secondary N) is 1. The summed E-state index contributed by atoms with van der Waals surface area (Å²) in [5.41, 5.74) is 5.83. The minimum atomic E-state index is 0.664. The monoisotopic (exact) mass is 389 g/mol. The van der Waals surface area contributed by atoms with Crippen molar-refractivity contribution in [3.63, 3.8) is 0 Å². The molecule has 0 aliphatic heterocycles. The number of fused-ring (bicyclic) bond motifs is 1. The third-order valence-corrected chi connectivity index (χ3v) is 5.77. The van der Waals surface area contributed by atoms with Crippen LogP contribution < -0.4 is 10.1 Å². The lowest BCUT2D eigenvalue weighted by molar-refractivity contribution is 0.340. The number of hydrogen-bond donors (Lipinski definition) is 1. The highest BCUT2D eigenvalue weighted by molar-refractivity contribution is 7.19. The second kappa shape index (κ2) is 7.60. The van der Waals surface area contributed by atoms with Crippen molar-refractivity contribution < 1.29 is 4.74 Å². The molecule has 0 aliphatic carbocycles. The van der Waals surface area contributed by atoms with E-state index in [9.17, 15) is 0 Å². The summed E-state index contributed by atoms with van der Waals surface area (Å²) in [6.45, 7) is 9.01. The first kappa shape index (κ1) is 18.4. The maximum Gasteiger partial charge on any atom is 0.143 e. The van der Waals surface area contributed by atoms with Crippen LogP contribution in [0.3, 0.4) is 0 Å². The number of benzene rings is 2. The normalized spacial score (nSPS) is 11.0. The quantitative estimate of drug-likeness (QED) is 0.427. The Hall–Kier alpha value is -2.92. The molecule has 0 amide bonds. The average molecular weight is 390 g/mol. The summed E-state index contributed by atoms with van der Waals surface area (Å²) in [5.74, 6) is 1.72. The smallest absolute Gasteiger partial charge is 0.143 e. The summed E-state index contributed by atoms with van der Waals surface area (Å²) in [6, 6.07) is 14.6. The molecule has 4 rings (SSSR count). The van der Waals surface area contributed by atoms with Gasteiger partial charge in [-0.1, -0.05) is 29.8 Å². The van der Waals surface area contributed by atoms with E-state index in [1.807, 2.05) is 19.1 Å². The number of ether oxygens (including phenoxy) is 1. The van der Waals surface area contributed by atoms with Gasteiger partial charge in [-0.25, -0.2) is 9.97 Å². The Morgan fingerprint density at radius 3 is 2.50 bits per heavy atom. The Labute approximate surface area is 169 Å². The predicted molar refractivity (Wildman–Crippen MR) is 118 cm³/mol. The molecule has 2 aromatic heterocycles. The molecule has 0 radical (unpaired) electrons. The highest BCUT2D eigenvalue weighted by Crippen LogP contribution is 2.41. The average Bonchev–Trinajstić information content (AvgIpc) is 3.02. The summed E-state index contributed by atoms with van der Waals surface area (Å²) in [5, 5.41) is 4.59. The molecule has 0 fully saturated rings. The Balaban J connectivity index is 1.82. The summed E-state index contributed by atoms with van der Waals surface area (Å²) >= 11 is 1.70. The highest BCUT2D eigenvalue weighted by atomic mass is 32.1. The minimum absolute atomic E-state index is 0.664. The fourth-order valence-corrected chi connectivity index (χ4v) is 4.47. The number of hydrogen-bond acceptors (Lipinski definition) is 5. The molecule has 5 heteroatoms. The number of thiophene rings is 1. The van der Waals surface area contributed by atoms with Crippen LogP contribution in [0.1, 0.15) is 22.9 Å². The van der Waals surface area contributed by atoms with Crippen LogP contribution in [0.4, 0.5) is 11.5 Å². The zero-order chi connectivity index (χ0) is 19.7. The fraction of sp³-hybridized carbons (Fsp3) is 0.217. The standard InChI is InChI=1S/C23H23N3OS/c1-5-27-18-9-7-17(8-10-18)20-16(4)28-23-21(20)22(24-13-25-23)26-19-11-6-14(2)12-15(19)3/h6-13H,5H2,1-4H3,(H,24,25,26). The Kier molecular flexibility index (Phi) is 5.01. The first-order valence-corrected chi connectivity index (χ1v) is 10.2. The van der Waals surface area contributed by atoms with Crippen LogP contribution in [0.25, 0.3) is 21.3 Å². The van der Waals surface area contributed by atoms with Crippen LogP contribution in [-0.2, 0) is 0 Å². The van der Waals surface area contributed by atoms with E-state index in [2.05, 4.69) is 66.4 Å². The molecule has 2 heterocycles. The van der Waals surface area contributed by atoms with E-state index in [0.29, 0.717) is 6.61 Å². The maximum absolute atomic E-state index is 5.59. The SMILES string of the molecule is CCOc1ccc(-c2c(C)sc3ncnc(Nc4ccc(C)cc4C)c23)cc1.